The van der Waals surface area contributed by atoms with E-state index in [-0.39, 0.29) is 39.1 Å². The van der Waals surface area contributed by atoms with Gasteiger partial charge in [0.15, 0.2) is 5.76 Å². The summed E-state index contributed by atoms with van der Waals surface area (Å²) in [5.74, 6) is -0.859. The molecule has 0 amide bonds. The number of aliphatic hydroxyl groups excluding tert-OH is 5. The number of ketones is 1. The number of aliphatic hydroxyl groups is 5. The number of carbonyl (C=O) groups excluding carboxylic acids is 2. The first-order valence-electron chi connectivity index (χ1n) is 16.1. The van der Waals surface area contributed by atoms with Crippen molar-refractivity contribution in [2.45, 2.75) is 117 Å². The molecule has 0 aromatic carbocycles. The topological polar surface area (TPSA) is 154 Å². The molecule has 9 heteroatoms. The highest BCUT2D eigenvalue weighted by Gasteiger charge is 2.67. The van der Waals surface area contributed by atoms with Crippen molar-refractivity contribution < 1.29 is 44.6 Å². The van der Waals surface area contributed by atoms with Crippen LogP contribution in [0.25, 0.3) is 0 Å². The first kappa shape index (κ1) is 31.7. The van der Waals surface area contributed by atoms with E-state index in [2.05, 4.69) is 39.8 Å². The van der Waals surface area contributed by atoms with E-state index >= 15 is 0 Å². The predicted molar refractivity (Wildman–Crippen MR) is 161 cm³/mol. The van der Waals surface area contributed by atoms with Crippen molar-refractivity contribution in [1.82, 2.24) is 0 Å². The summed E-state index contributed by atoms with van der Waals surface area (Å²) in [5.41, 5.74) is 2.31. The van der Waals surface area contributed by atoms with Gasteiger partial charge in [0.25, 0.3) is 0 Å². The van der Waals surface area contributed by atoms with Crippen molar-refractivity contribution in [2.75, 3.05) is 6.61 Å². The molecule has 6 rings (SSSR count). The number of ether oxygens (including phenoxy) is 2. The molecule has 11 atom stereocenters. The van der Waals surface area contributed by atoms with Gasteiger partial charge in [-0.25, -0.2) is 0 Å². The highest BCUT2D eigenvalue weighted by molar-refractivity contribution is 6.06. The first-order chi connectivity index (χ1) is 20.5. The van der Waals surface area contributed by atoms with Crippen molar-refractivity contribution in [3.63, 3.8) is 0 Å². The van der Waals surface area contributed by atoms with Crippen LogP contribution in [0.5, 0.6) is 0 Å². The lowest BCUT2D eigenvalue weighted by atomic mass is 9.34. The second-order valence-corrected chi connectivity index (χ2v) is 15.7. The third-order valence-electron chi connectivity index (χ3n) is 13.4. The van der Waals surface area contributed by atoms with Crippen LogP contribution >= 0.6 is 0 Å². The molecule has 0 aromatic rings. The van der Waals surface area contributed by atoms with Gasteiger partial charge in [0.05, 0.1) is 12.0 Å². The minimum atomic E-state index is -1.64. The van der Waals surface area contributed by atoms with Gasteiger partial charge in [0.2, 0.25) is 12.1 Å². The van der Waals surface area contributed by atoms with Gasteiger partial charge in [-0.3, -0.25) is 9.59 Å². The second kappa shape index (κ2) is 10.1. The molecule has 44 heavy (non-hydrogen) atoms. The fraction of sp³-hybridized carbons (Fsp3) is 0.714. The van der Waals surface area contributed by atoms with E-state index in [9.17, 15) is 35.1 Å². The van der Waals surface area contributed by atoms with Crippen molar-refractivity contribution in [3.05, 3.63) is 46.3 Å². The maximum absolute atomic E-state index is 13.9. The number of rotatable bonds is 3. The molecule has 0 bridgehead atoms. The molecule has 9 nitrogen and oxygen atoms in total. The SMILES string of the molecule is CC1=C(O)C(=O)C=C2C1=CC=C1[C@@]2(C)CC[C@@]2(C)[C@@H]3C[C@](C)(C(=O)O[C@@H]4O[C@H](CO)[C@@H](O)[C@H](O)[C@H]4O)CC[C@]3(C)CC[C@]12C. The normalized spacial score (nSPS) is 48.6. The van der Waals surface area contributed by atoms with Gasteiger partial charge >= 0.3 is 5.97 Å². The van der Waals surface area contributed by atoms with Crippen molar-refractivity contribution in [3.8, 4) is 0 Å². The summed E-state index contributed by atoms with van der Waals surface area (Å²) in [5, 5.41) is 50.9. The zero-order valence-corrected chi connectivity index (χ0v) is 26.7. The van der Waals surface area contributed by atoms with Crippen LogP contribution in [-0.4, -0.2) is 74.6 Å². The zero-order chi connectivity index (χ0) is 32.2. The molecule has 5 N–H and O–H groups in total. The number of hydrogen-bond donors (Lipinski definition) is 5. The molecule has 0 aromatic heterocycles. The van der Waals surface area contributed by atoms with Crippen LogP contribution in [0.3, 0.4) is 0 Å². The number of esters is 1. The molecule has 1 saturated heterocycles. The molecule has 3 saturated carbocycles. The molecule has 242 valence electrons. The Kier molecular flexibility index (Phi) is 7.27. The van der Waals surface area contributed by atoms with Crippen molar-refractivity contribution in [2.24, 2.45) is 33.0 Å². The van der Waals surface area contributed by atoms with Gasteiger partial charge in [-0.15, -0.1) is 0 Å². The Balaban J connectivity index is 1.32. The number of carbonyl (C=O) groups is 2. The molecule has 0 spiro atoms. The van der Waals surface area contributed by atoms with E-state index < -0.39 is 48.7 Å². The number of fused-ring (bicyclic) bond motifs is 7. The summed E-state index contributed by atoms with van der Waals surface area (Å²) < 4.78 is 11.2. The summed E-state index contributed by atoms with van der Waals surface area (Å²) in [7, 11) is 0. The van der Waals surface area contributed by atoms with Crippen LogP contribution in [0.4, 0.5) is 0 Å². The lowest BCUT2D eigenvalue weighted by Gasteiger charge is -2.70. The van der Waals surface area contributed by atoms with Crippen LogP contribution < -0.4 is 0 Å². The summed E-state index contributed by atoms with van der Waals surface area (Å²) in [4.78, 5) is 26.6. The molecule has 6 aliphatic rings. The van der Waals surface area contributed by atoms with Gasteiger partial charge < -0.3 is 35.0 Å². The van der Waals surface area contributed by atoms with Crippen LogP contribution in [-0.2, 0) is 19.1 Å². The zero-order valence-electron chi connectivity index (χ0n) is 26.7. The Bertz CT molecular complexity index is 1410. The largest absolute Gasteiger partial charge is 0.504 e. The van der Waals surface area contributed by atoms with Gasteiger partial charge in [-0.05, 0) is 98.2 Å². The van der Waals surface area contributed by atoms with Crippen molar-refractivity contribution in [1.29, 1.82) is 0 Å². The Morgan fingerprint density at radius 3 is 2.32 bits per heavy atom. The highest BCUT2D eigenvalue weighted by atomic mass is 16.7. The van der Waals surface area contributed by atoms with E-state index in [1.807, 2.05) is 6.92 Å². The van der Waals surface area contributed by atoms with Gasteiger partial charge in [0.1, 0.15) is 24.4 Å². The van der Waals surface area contributed by atoms with E-state index in [1.54, 1.807) is 13.0 Å². The van der Waals surface area contributed by atoms with E-state index in [1.165, 1.54) is 5.57 Å². The minimum absolute atomic E-state index is 0.0202. The Hall–Kier alpha value is -2.30. The summed E-state index contributed by atoms with van der Waals surface area (Å²) in [6, 6.07) is 0. The summed E-state index contributed by atoms with van der Waals surface area (Å²) >= 11 is 0. The van der Waals surface area contributed by atoms with Gasteiger partial charge in [-0.2, -0.15) is 0 Å². The molecule has 0 radical (unpaired) electrons. The molecule has 1 heterocycles. The average Bonchev–Trinajstić information content (AvgIpc) is 2.98. The fourth-order valence-corrected chi connectivity index (χ4v) is 10.1. The third-order valence-corrected chi connectivity index (χ3v) is 13.4. The van der Waals surface area contributed by atoms with Crippen molar-refractivity contribution >= 4 is 11.8 Å². The Morgan fingerprint density at radius 1 is 0.955 bits per heavy atom. The average molecular weight is 613 g/mol. The predicted octanol–water partition coefficient (Wildman–Crippen LogP) is 3.96. The lowest BCUT2D eigenvalue weighted by molar-refractivity contribution is -0.296. The van der Waals surface area contributed by atoms with Crippen LogP contribution in [0, 0.1) is 33.0 Å². The first-order valence-corrected chi connectivity index (χ1v) is 16.1. The third kappa shape index (κ3) is 4.15. The lowest BCUT2D eigenvalue weighted by Crippen LogP contribution is -2.63. The van der Waals surface area contributed by atoms with E-state index in [0.29, 0.717) is 18.4 Å². The van der Waals surface area contributed by atoms with Gasteiger partial charge in [-0.1, -0.05) is 45.4 Å². The quantitative estimate of drug-likeness (QED) is 0.298. The smallest absolute Gasteiger partial charge is 0.314 e. The number of allylic oxidation sites excluding steroid dienone is 7. The van der Waals surface area contributed by atoms with E-state index in [4.69, 9.17) is 9.47 Å². The highest BCUT2D eigenvalue weighted by Crippen LogP contribution is 2.75. The second-order valence-electron chi connectivity index (χ2n) is 15.7. The maximum atomic E-state index is 13.9. The van der Waals surface area contributed by atoms with Gasteiger partial charge in [0, 0.05) is 11.0 Å². The monoisotopic (exact) mass is 612 g/mol. The molecule has 4 fully saturated rings. The Morgan fingerprint density at radius 2 is 1.64 bits per heavy atom. The summed E-state index contributed by atoms with van der Waals surface area (Å²) in [6.45, 7) is 12.4. The minimum Gasteiger partial charge on any atom is -0.504 e. The fourth-order valence-electron chi connectivity index (χ4n) is 10.1. The summed E-state index contributed by atoms with van der Waals surface area (Å²) in [6.07, 6.45) is 4.28. The number of hydrogen-bond acceptors (Lipinski definition) is 9. The maximum Gasteiger partial charge on any atom is 0.314 e. The molecule has 5 aliphatic carbocycles. The Labute approximate surface area is 259 Å². The molecular weight excluding hydrogens is 564 g/mol. The van der Waals surface area contributed by atoms with Crippen LogP contribution in [0.15, 0.2) is 46.3 Å². The van der Waals surface area contributed by atoms with Crippen LogP contribution in [0.2, 0.25) is 0 Å². The molecular formula is C35H48O9. The van der Waals surface area contributed by atoms with Crippen LogP contribution in [0.1, 0.15) is 86.5 Å². The molecule has 1 aliphatic heterocycles. The molecule has 0 unspecified atom stereocenters. The van der Waals surface area contributed by atoms with E-state index in [0.717, 1.165) is 43.3 Å². The standard InChI is InChI=1S/C35H48O9/c1-18-19-7-8-23-33(4,20(19)15-21(37)25(18)38)12-14-35(6)24-16-32(3,10-9-31(24,2)11-13-34(23,35)5)30(42)44-29-28(41)27(40)26(39)22(17-36)43-29/h7-8,15,22,24,26-29,36,38-41H,9-14,16-17H2,1-6H3/t22-,24-,26-,27+,28-,29+,31-,32-,33+,34-,35+/m1/s1.